The Balaban J connectivity index is 0.00000300. The van der Waals surface area contributed by atoms with Gasteiger partial charge in [-0.1, -0.05) is 35.0 Å². The van der Waals surface area contributed by atoms with E-state index in [0.717, 1.165) is 68.5 Å². The van der Waals surface area contributed by atoms with Crippen LogP contribution in [0.3, 0.4) is 0 Å². The molecule has 9 heteroatoms. The summed E-state index contributed by atoms with van der Waals surface area (Å²) in [6, 6.07) is 8.41. The highest BCUT2D eigenvalue weighted by Crippen LogP contribution is 2.14. The molecule has 0 amide bonds. The standard InChI is InChI=1S/C20H29BrN6O.HI/c1-3-19-25-24-15-27(19)10-9-22-20(23-12-17-8-11-28-14-17)26(2)13-16-4-6-18(21)7-5-16;/h4-7,15,17H,3,8-14H2,1-2H3,(H,22,23);1H. The van der Waals surface area contributed by atoms with Gasteiger partial charge in [-0.05, 0) is 24.1 Å². The van der Waals surface area contributed by atoms with Crippen LogP contribution in [0.2, 0.25) is 0 Å². The van der Waals surface area contributed by atoms with Gasteiger partial charge in [-0.25, -0.2) is 0 Å². The summed E-state index contributed by atoms with van der Waals surface area (Å²) in [5, 5.41) is 11.7. The van der Waals surface area contributed by atoms with Gasteiger partial charge in [0.25, 0.3) is 0 Å². The Labute approximate surface area is 198 Å². The predicted molar refractivity (Wildman–Crippen MR) is 130 cm³/mol. The number of aliphatic imine (C=N–C) groups is 1. The number of rotatable bonds is 8. The van der Waals surface area contributed by atoms with Gasteiger partial charge in [0.15, 0.2) is 5.96 Å². The van der Waals surface area contributed by atoms with Gasteiger partial charge in [0, 0.05) is 56.6 Å². The normalized spacial score (nSPS) is 16.5. The quantitative estimate of drug-likeness (QED) is 0.297. The maximum atomic E-state index is 5.49. The summed E-state index contributed by atoms with van der Waals surface area (Å²) in [5.74, 6) is 2.44. The minimum atomic E-state index is 0. The van der Waals surface area contributed by atoms with Gasteiger partial charge >= 0.3 is 0 Å². The highest BCUT2D eigenvalue weighted by Gasteiger charge is 2.16. The van der Waals surface area contributed by atoms with Crippen LogP contribution < -0.4 is 5.32 Å². The van der Waals surface area contributed by atoms with E-state index in [1.807, 2.05) is 0 Å². The number of halogens is 2. The number of benzene rings is 1. The largest absolute Gasteiger partial charge is 0.381 e. The summed E-state index contributed by atoms with van der Waals surface area (Å²) in [6.07, 6.45) is 3.76. The van der Waals surface area contributed by atoms with E-state index < -0.39 is 0 Å². The van der Waals surface area contributed by atoms with Gasteiger partial charge in [-0.15, -0.1) is 34.2 Å². The molecule has 1 aromatic carbocycles. The van der Waals surface area contributed by atoms with Crippen molar-refractivity contribution in [2.45, 2.75) is 32.9 Å². The fraction of sp³-hybridized carbons (Fsp3) is 0.550. The van der Waals surface area contributed by atoms with E-state index in [4.69, 9.17) is 9.73 Å². The molecule has 1 unspecified atom stereocenters. The fourth-order valence-corrected chi connectivity index (χ4v) is 3.48. The van der Waals surface area contributed by atoms with Crippen molar-refractivity contribution in [1.29, 1.82) is 0 Å². The first-order valence-electron chi connectivity index (χ1n) is 9.84. The molecule has 0 radical (unpaired) electrons. The summed E-state index contributed by atoms with van der Waals surface area (Å²) < 4.78 is 8.67. The molecule has 1 saturated heterocycles. The number of hydrogen-bond acceptors (Lipinski definition) is 4. The lowest BCUT2D eigenvalue weighted by molar-refractivity contribution is 0.187. The molecule has 1 aromatic heterocycles. The van der Waals surface area contributed by atoms with Crippen LogP contribution in [0.25, 0.3) is 0 Å². The number of nitrogens with zero attached hydrogens (tertiary/aromatic N) is 5. The zero-order chi connectivity index (χ0) is 19.8. The molecule has 0 aliphatic carbocycles. The molecule has 2 aromatic rings. The Bertz CT molecular complexity index is 761. The fourth-order valence-electron chi connectivity index (χ4n) is 3.22. The lowest BCUT2D eigenvalue weighted by Crippen LogP contribution is -2.40. The second-order valence-corrected chi connectivity index (χ2v) is 8.01. The van der Waals surface area contributed by atoms with Crippen LogP contribution in [0.4, 0.5) is 0 Å². The Morgan fingerprint density at radius 1 is 1.38 bits per heavy atom. The Morgan fingerprint density at radius 3 is 2.86 bits per heavy atom. The van der Waals surface area contributed by atoms with E-state index in [1.165, 1.54) is 5.56 Å². The third kappa shape index (κ3) is 7.53. The van der Waals surface area contributed by atoms with Crippen LogP contribution in [-0.2, 0) is 24.2 Å². The first-order chi connectivity index (χ1) is 13.7. The molecule has 29 heavy (non-hydrogen) atoms. The van der Waals surface area contributed by atoms with Gasteiger partial charge in [-0.3, -0.25) is 4.99 Å². The SMILES string of the molecule is CCc1nncn1CCNC(=NCC1CCOC1)N(C)Cc1ccc(Br)cc1.I. The molecule has 1 N–H and O–H groups in total. The molecule has 3 rings (SSSR count). The van der Waals surface area contributed by atoms with Gasteiger partial charge in [0.2, 0.25) is 0 Å². The smallest absolute Gasteiger partial charge is 0.194 e. The van der Waals surface area contributed by atoms with Crippen LogP contribution in [0.1, 0.15) is 24.7 Å². The number of guanidine groups is 1. The van der Waals surface area contributed by atoms with Crippen molar-refractivity contribution < 1.29 is 4.74 Å². The molecule has 0 bridgehead atoms. The summed E-state index contributed by atoms with van der Waals surface area (Å²) in [4.78, 5) is 7.06. The zero-order valence-electron chi connectivity index (χ0n) is 17.1. The maximum absolute atomic E-state index is 5.49. The molecule has 0 spiro atoms. The van der Waals surface area contributed by atoms with Crippen molar-refractivity contribution >= 4 is 45.9 Å². The first kappa shape index (κ1) is 24.1. The van der Waals surface area contributed by atoms with Crippen molar-refractivity contribution in [2.24, 2.45) is 10.9 Å². The van der Waals surface area contributed by atoms with Crippen molar-refractivity contribution in [3.05, 3.63) is 46.5 Å². The van der Waals surface area contributed by atoms with Crippen molar-refractivity contribution in [2.75, 3.05) is 33.4 Å². The number of ether oxygens (including phenoxy) is 1. The van der Waals surface area contributed by atoms with Gasteiger partial charge in [-0.2, -0.15) is 0 Å². The van der Waals surface area contributed by atoms with Gasteiger partial charge in [0.05, 0.1) is 6.61 Å². The number of aromatic nitrogens is 3. The number of nitrogens with one attached hydrogen (secondary N) is 1. The summed E-state index contributed by atoms with van der Waals surface area (Å²) in [7, 11) is 2.08. The second kappa shape index (κ2) is 12.5. The minimum absolute atomic E-state index is 0. The third-order valence-electron chi connectivity index (χ3n) is 4.87. The Morgan fingerprint density at radius 2 is 2.17 bits per heavy atom. The van der Waals surface area contributed by atoms with Gasteiger partial charge in [0.1, 0.15) is 12.2 Å². The van der Waals surface area contributed by atoms with Crippen LogP contribution in [0, 0.1) is 5.92 Å². The lowest BCUT2D eigenvalue weighted by atomic mass is 10.1. The van der Waals surface area contributed by atoms with E-state index in [9.17, 15) is 0 Å². The lowest BCUT2D eigenvalue weighted by Gasteiger charge is -2.23. The Hall–Kier alpha value is -1.20. The van der Waals surface area contributed by atoms with Crippen molar-refractivity contribution in [3.63, 3.8) is 0 Å². The maximum Gasteiger partial charge on any atom is 0.194 e. The second-order valence-electron chi connectivity index (χ2n) is 7.10. The molecule has 1 aliphatic rings. The van der Waals surface area contributed by atoms with E-state index in [1.54, 1.807) is 6.33 Å². The molecular weight excluding hydrogens is 547 g/mol. The first-order valence-corrected chi connectivity index (χ1v) is 10.6. The average molecular weight is 577 g/mol. The summed E-state index contributed by atoms with van der Waals surface area (Å²) >= 11 is 3.49. The molecule has 0 saturated carbocycles. The molecular formula is C20H30BrIN6O. The number of hydrogen-bond donors (Lipinski definition) is 1. The zero-order valence-corrected chi connectivity index (χ0v) is 21.0. The van der Waals surface area contributed by atoms with E-state index in [2.05, 4.69) is 79.1 Å². The molecule has 2 heterocycles. The van der Waals surface area contributed by atoms with Crippen LogP contribution in [0.15, 0.2) is 40.1 Å². The van der Waals surface area contributed by atoms with E-state index >= 15 is 0 Å². The molecule has 160 valence electrons. The monoisotopic (exact) mass is 576 g/mol. The number of aryl methyl sites for hydroxylation is 1. The van der Waals surface area contributed by atoms with Crippen molar-refractivity contribution in [1.82, 2.24) is 25.0 Å². The highest BCUT2D eigenvalue weighted by atomic mass is 127. The van der Waals surface area contributed by atoms with Crippen LogP contribution >= 0.6 is 39.9 Å². The summed E-state index contributed by atoms with van der Waals surface area (Å²) in [6.45, 7) is 6.94. The van der Waals surface area contributed by atoms with Crippen molar-refractivity contribution in [3.8, 4) is 0 Å². The van der Waals surface area contributed by atoms with Crippen LogP contribution in [-0.4, -0.2) is 59.0 Å². The van der Waals surface area contributed by atoms with E-state index in [-0.39, 0.29) is 24.0 Å². The topological polar surface area (TPSA) is 67.6 Å². The third-order valence-corrected chi connectivity index (χ3v) is 5.39. The highest BCUT2D eigenvalue weighted by molar-refractivity contribution is 14.0. The summed E-state index contributed by atoms with van der Waals surface area (Å²) in [5.41, 5.74) is 1.25. The van der Waals surface area contributed by atoms with Crippen LogP contribution in [0.5, 0.6) is 0 Å². The van der Waals surface area contributed by atoms with E-state index in [0.29, 0.717) is 5.92 Å². The molecule has 7 nitrogen and oxygen atoms in total. The average Bonchev–Trinajstić information content (AvgIpc) is 3.37. The predicted octanol–water partition coefficient (Wildman–Crippen LogP) is 3.34. The molecule has 1 aliphatic heterocycles. The Kier molecular flexibility index (Phi) is 10.4. The molecule has 1 fully saturated rings. The van der Waals surface area contributed by atoms with Gasteiger partial charge < -0.3 is 19.5 Å². The molecule has 1 atom stereocenters. The minimum Gasteiger partial charge on any atom is -0.381 e.